The van der Waals surface area contributed by atoms with Gasteiger partial charge in [0, 0.05) is 11.4 Å². The summed E-state index contributed by atoms with van der Waals surface area (Å²) in [7, 11) is 1.34. The van der Waals surface area contributed by atoms with E-state index in [-0.39, 0.29) is 5.25 Å². The summed E-state index contributed by atoms with van der Waals surface area (Å²) in [5.74, 6) is -0.406. The zero-order valence-corrected chi connectivity index (χ0v) is 12.6. The van der Waals surface area contributed by atoms with Crippen LogP contribution in [0.1, 0.15) is 20.3 Å². The van der Waals surface area contributed by atoms with Crippen LogP contribution in [0.15, 0.2) is 29.6 Å². The minimum Gasteiger partial charge on any atom is -0.468 e. The highest BCUT2D eigenvalue weighted by Gasteiger charge is 2.32. The Hall–Kier alpha value is -1.60. The van der Waals surface area contributed by atoms with E-state index in [2.05, 4.69) is 10.2 Å². The van der Waals surface area contributed by atoms with Crippen LogP contribution < -0.4 is 5.73 Å². The fraction of sp³-hybridized carbons (Fsp3) is 0.462. The molecule has 2 N–H and O–H groups in total. The molecule has 2 aromatic heterocycles. The predicted octanol–water partition coefficient (Wildman–Crippen LogP) is 1.49. The minimum atomic E-state index is -0.998. The van der Waals surface area contributed by atoms with Crippen LogP contribution in [0.3, 0.4) is 0 Å². The number of methoxy groups -OCH3 is 1. The molecule has 0 aliphatic rings. The summed E-state index contributed by atoms with van der Waals surface area (Å²) < 4.78 is 6.62. The van der Waals surface area contributed by atoms with E-state index in [1.165, 1.54) is 18.9 Å². The van der Waals surface area contributed by atoms with Crippen molar-refractivity contribution in [2.45, 2.75) is 36.2 Å². The molecule has 2 unspecified atom stereocenters. The fourth-order valence-corrected chi connectivity index (χ4v) is 3.18. The number of pyridine rings is 1. The number of carbonyl (C=O) groups is 1. The predicted molar refractivity (Wildman–Crippen MR) is 77.5 cm³/mol. The first-order chi connectivity index (χ1) is 9.44. The summed E-state index contributed by atoms with van der Waals surface area (Å²) in [5.41, 5.74) is 5.78. The second-order valence-corrected chi connectivity index (χ2v) is 6.36. The van der Waals surface area contributed by atoms with Crippen LogP contribution in [0, 0.1) is 0 Å². The quantitative estimate of drug-likeness (QED) is 0.664. The van der Waals surface area contributed by atoms with E-state index in [9.17, 15) is 4.79 Å². The Labute approximate surface area is 121 Å². The number of nitrogens with two attached hydrogens (primary N) is 1. The summed E-state index contributed by atoms with van der Waals surface area (Å²) in [4.78, 5) is 11.6. The fourth-order valence-electron chi connectivity index (χ4n) is 2.04. The normalized spacial score (nSPS) is 15.8. The molecule has 0 aliphatic carbocycles. The molecule has 0 radical (unpaired) electrons. The third kappa shape index (κ3) is 3.10. The van der Waals surface area contributed by atoms with Crippen molar-refractivity contribution in [1.29, 1.82) is 0 Å². The summed E-state index contributed by atoms with van der Waals surface area (Å²) >= 11 is 1.54. The van der Waals surface area contributed by atoms with Gasteiger partial charge in [0.05, 0.1) is 7.11 Å². The Morgan fingerprint density at radius 2 is 2.30 bits per heavy atom. The number of esters is 1. The summed E-state index contributed by atoms with van der Waals surface area (Å²) in [6, 6.07) is 5.73. The van der Waals surface area contributed by atoms with Crippen molar-refractivity contribution in [3.8, 4) is 0 Å². The van der Waals surface area contributed by atoms with Crippen molar-refractivity contribution >= 4 is 23.4 Å². The maximum Gasteiger partial charge on any atom is 0.325 e. The van der Waals surface area contributed by atoms with Crippen LogP contribution in [-0.2, 0) is 9.53 Å². The topological polar surface area (TPSA) is 82.5 Å². The Balaban J connectivity index is 2.08. The molecule has 2 heterocycles. The molecule has 20 heavy (non-hydrogen) atoms. The molecule has 0 amide bonds. The Bertz CT molecular complexity index is 611. The molecule has 0 aromatic carbocycles. The van der Waals surface area contributed by atoms with E-state index in [0.29, 0.717) is 6.42 Å². The van der Waals surface area contributed by atoms with Gasteiger partial charge in [-0.05, 0) is 25.5 Å². The molecule has 0 aliphatic heterocycles. The third-order valence-corrected chi connectivity index (χ3v) is 4.01. The van der Waals surface area contributed by atoms with Gasteiger partial charge in [-0.25, -0.2) is 0 Å². The summed E-state index contributed by atoms with van der Waals surface area (Å²) in [5, 5.41) is 9.13. The van der Waals surface area contributed by atoms with Crippen LogP contribution >= 0.6 is 11.8 Å². The van der Waals surface area contributed by atoms with Crippen molar-refractivity contribution in [3.63, 3.8) is 0 Å². The van der Waals surface area contributed by atoms with E-state index >= 15 is 0 Å². The molecule has 6 nitrogen and oxygen atoms in total. The van der Waals surface area contributed by atoms with E-state index in [4.69, 9.17) is 10.5 Å². The van der Waals surface area contributed by atoms with E-state index in [1.807, 2.05) is 35.7 Å². The van der Waals surface area contributed by atoms with Gasteiger partial charge in [0.2, 0.25) is 0 Å². The molecular weight excluding hydrogens is 276 g/mol. The lowest BCUT2D eigenvalue weighted by Crippen LogP contribution is -2.47. The average Bonchev–Trinajstić information content (AvgIpc) is 2.80. The number of ether oxygens (including phenoxy) is 1. The molecule has 2 rings (SSSR count). The van der Waals surface area contributed by atoms with E-state index in [0.717, 1.165) is 10.8 Å². The van der Waals surface area contributed by atoms with Crippen molar-refractivity contribution in [3.05, 3.63) is 24.4 Å². The van der Waals surface area contributed by atoms with Crippen LogP contribution in [0.2, 0.25) is 0 Å². The minimum absolute atomic E-state index is 0.108. The van der Waals surface area contributed by atoms with Crippen LogP contribution in [0.4, 0.5) is 0 Å². The number of aromatic nitrogens is 3. The zero-order valence-electron chi connectivity index (χ0n) is 11.7. The van der Waals surface area contributed by atoms with Gasteiger partial charge in [-0.2, -0.15) is 0 Å². The van der Waals surface area contributed by atoms with Gasteiger partial charge in [-0.3, -0.25) is 9.20 Å². The monoisotopic (exact) mass is 294 g/mol. The zero-order chi connectivity index (χ0) is 14.8. The van der Waals surface area contributed by atoms with Gasteiger partial charge in [0.25, 0.3) is 0 Å². The Morgan fingerprint density at radius 3 is 3.00 bits per heavy atom. The van der Waals surface area contributed by atoms with Crippen molar-refractivity contribution in [2.24, 2.45) is 5.73 Å². The maximum atomic E-state index is 11.6. The first-order valence-corrected chi connectivity index (χ1v) is 7.16. The molecule has 0 saturated heterocycles. The first-order valence-electron chi connectivity index (χ1n) is 6.28. The van der Waals surface area contributed by atoms with E-state index in [1.54, 1.807) is 6.92 Å². The number of rotatable bonds is 5. The number of thioether (sulfide) groups is 1. The average molecular weight is 294 g/mol. The van der Waals surface area contributed by atoms with Gasteiger partial charge in [-0.1, -0.05) is 24.8 Å². The van der Waals surface area contributed by atoms with Gasteiger partial charge >= 0.3 is 5.97 Å². The number of nitrogens with zero attached hydrogens (tertiary/aromatic N) is 3. The SMILES string of the molecule is COC(=O)C(C)(N)CC(C)Sc1nnc2ccccn12. The molecule has 7 heteroatoms. The van der Waals surface area contributed by atoms with Gasteiger partial charge in [-0.15, -0.1) is 10.2 Å². The largest absolute Gasteiger partial charge is 0.468 e. The molecule has 2 aromatic rings. The molecule has 0 fully saturated rings. The number of hydrogen-bond acceptors (Lipinski definition) is 6. The Kier molecular flexibility index (Phi) is 4.29. The lowest BCUT2D eigenvalue weighted by Gasteiger charge is -2.24. The van der Waals surface area contributed by atoms with Crippen LogP contribution in [-0.4, -0.2) is 38.5 Å². The molecule has 0 saturated carbocycles. The number of hydrogen-bond donors (Lipinski definition) is 1. The third-order valence-electron chi connectivity index (χ3n) is 2.95. The van der Waals surface area contributed by atoms with Gasteiger partial charge in [0.1, 0.15) is 5.54 Å². The molecule has 0 spiro atoms. The Morgan fingerprint density at radius 1 is 1.55 bits per heavy atom. The van der Waals surface area contributed by atoms with Crippen molar-refractivity contribution < 1.29 is 9.53 Å². The van der Waals surface area contributed by atoms with Crippen LogP contribution in [0.25, 0.3) is 5.65 Å². The number of fused-ring (bicyclic) bond motifs is 1. The van der Waals surface area contributed by atoms with Crippen molar-refractivity contribution in [2.75, 3.05) is 7.11 Å². The number of carbonyl (C=O) groups excluding carboxylic acids is 1. The lowest BCUT2D eigenvalue weighted by atomic mass is 9.98. The second-order valence-electron chi connectivity index (χ2n) is 4.95. The highest BCUT2D eigenvalue weighted by Crippen LogP contribution is 2.27. The highest BCUT2D eigenvalue weighted by molar-refractivity contribution is 7.99. The second kappa shape index (κ2) is 5.80. The van der Waals surface area contributed by atoms with Gasteiger partial charge in [0.15, 0.2) is 10.8 Å². The molecular formula is C13H18N4O2S. The summed E-state index contributed by atoms with van der Waals surface area (Å²) in [6.45, 7) is 3.68. The molecule has 0 bridgehead atoms. The molecule has 2 atom stereocenters. The highest BCUT2D eigenvalue weighted by atomic mass is 32.2. The van der Waals surface area contributed by atoms with Gasteiger partial charge < -0.3 is 10.5 Å². The smallest absolute Gasteiger partial charge is 0.325 e. The maximum absolute atomic E-state index is 11.6. The lowest BCUT2D eigenvalue weighted by molar-refractivity contribution is -0.146. The molecule has 108 valence electrons. The summed E-state index contributed by atoms with van der Waals surface area (Å²) in [6.07, 6.45) is 2.40. The first kappa shape index (κ1) is 14.8. The van der Waals surface area contributed by atoms with Crippen molar-refractivity contribution in [1.82, 2.24) is 14.6 Å². The standard InChI is InChI=1S/C13H18N4O2S/c1-9(8-13(2,14)11(18)19-3)20-12-16-15-10-6-4-5-7-17(10)12/h4-7,9H,8,14H2,1-3H3. The van der Waals surface area contributed by atoms with Crippen LogP contribution in [0.5, 0.6) is 0 Å². The van der Waals surface area contributed by atoms with E-state index < -0.39 is 11.5 Å².